The molecule has 0 bridgehead atoms. The third-order valence-corrected chi connectivity index (χ3v) is 0.855. The van der Waals surface area contributed by atoms with Crippen LogP contribution < -0.4 is 21.8 Å². The average Bonchev–Trinajstić information content (AvgIpc) is 1.21. The summed E-state index contributed by atoms with van der Waals surface area (Å²) in [6, 6.07) is -0.988. The molecule has 0 saturated carbocycles. The van der Waals surface area contributed by atoms with Gasteiger partial charge in [0.2, 0.25) is 0 Å². The first-order chi connectivity index (χ1) is 3.42. The summed E-state index contributed by atoms with van der Waals surface area (Å²) < 4.78 is 10.2. The summed E-state index contributed by atoms with van der Waals surface area (Å²) >= 11 is 0. The molecule has 0 aromatic heterocycles. The fourth-order valence-corrected chi connectivity index (χ4v) is 0.517. The lowest BCUT2D eigenvalue weighted by atomic mass is 11.2. The van der Waals surface area contributed by atoms with Crippen molar-refractivity contribution >= 4 is 13.6 Å². The Kier molecular flexibility index (Phi) is 1.97. The molecule has 0 unspecified atom stereocenters. The van der Waals surface area contributed by atoms with Crippen molar-refractivity contribution in [2.24, 2.45) is 16.7 Å². The van der Waals surface area contributed by atoms with Crippen LogP contribution in [0.15, 0.2) is 0 Å². The molecule has 0 atom stereocenters. The zero-order valence-electron chi connectivity index (χ0n) is 4.00. The van der Waals surface area contributed by atoms with Gasteiger partial charge in [0, 0.05) is 0 Å². The molecule has 0 fully saturated rings. The Morgan fingerprint density at radius 3 is 1.88 bits per heavy atom. The van der Waals surface area contributed by atoms with Crippen LogP contribution in [0, 0.1) is 0 Å². The van der Waals surface area contributed by atoms with Crippen molar-refractivity contribution in [3.63, 3.8) is 0 Å². The molecular weight excluding hydrogens is 131 g/mol. The number of hydrogen-bond acceptors (Lipinski definition) is 2. The predicted octanol–water partition coefficient (Wildman–Crippen LogP) is -1.32. The SMILES string of the molecule is NC(=O)NP(N)(N)=O. The first-order valence-corrected chi connectivity index (χ1v) is 3.51. The molecule has 0 saturated heterocycles. The topological polar surface area (TPSA) is 124 Å². The summed E-state index contributed by atoms with van der Waals surface area (Å²) in [5.41, 5.74) is 13.8. The van der Waals surface area contributed by atoms with Gasteiger partial charge in [-0.2, -0.15) is 0 Å². The van der Waals surface area contributed by atoms with Gasteiger partial charge < -0.3 is 5.73 Å². The highest BCUT2D eigenvalue weighted by atomic mass is 31.2. The summed E-state index contributed by atoms with van der Waals surface area (Å²) in [5, 5.41) is 1.63. The maximum Gasteiger partial charge on any atom is 0.319 e. The van der Waals surface area contributed by atoms with E-state index in [0.29, 0.717) is 0 Å². The summed E-state index contributed by atoms with van der Waals surface area (Å²) in [5.74, 6) is 0. The van der Waals surface area contributed by atoms with Gasteiger partial charge in [0.05, 0.1) is 0 Å². The lowest BCUT2D eigenvalue weighted by Gasteiger charge is -2.03. The standard InChI is InChI=1S/CH7N4O2P/c2-1(6)5-8(3,4)7/h(H7,2,3,4,5,6,7). The van der Waals surface area contributed by atoms with E-state index in [-0.39, 0.29) is 0 Å². The van der Waals surface area contributed by atoms with E-state index in [1.165, 1.54) is 0 Å². The number of carbonyl (C=O) groups excluding carboxylic acids is 1. The van der Waals surface area contributed by atoms with Crippen molar-refractivity contribution in [1.82, 2.24) is 5.09 Å². The molecule has 7 N–H and O–H groups in total. The minimum Gasteiger partial charge on any atom is -0.351 e. The van der Waals surface area contributed by atoms with Crippen LogP contribution in [-0.2, 0) is 4.57 Å². The van der Waals surface area contributed by atoms with E-state index in [1.807, 2.05) is 0 Å². The van der Waals surface area contributed by atoms with Gasteiger partial charge in [-0.05, 0) is 0 Å². The quantitative estimate of drug-likeness (QED) is 0.335. The van der Waals surface area contributed by atoms with Crippen molar-refractivity contribution in [3.05, 3.63) is 0 Å². The Morgan fingerprint density at radius 1 is 1.50 bits per heavy atom. The molecule has 0 aromatic rings. The second-order valence-electron chi connectivity index (χ2n) is 1.19. The van der Waals surface area contributed by atoms with Gasteiger partial charge in [0.15, 0.2) is 0 Å². The highest BCUT2D eigenvalue weighted by Gasteiger charge is 2.07. The Bertz CT molecular complexity index is 137. The van der Waals surface area contributed by atoms with Gasteiger partial charge in [-0.1, -0.05) is 0 Å². The molecule has 0 spiro atoms. The van der Waals surface area contributed by atoms with E-state index in [4.69, 9.17) is 0 Å². The van der Waals surface area contributed by atoms with E-state index in [1.54, 1.807) is 5.09 Å². The monoisotopic (exact) mass is 138 g/mol. The van der Waals surface area contributed by atoms with Crippen LogP contribution in [-0.4, -0.2) is 6.03 Å². The smallest absolute Gasteiger partial charge is 0.319 e. The molecule has 0 aliphatic rings. The molecule has 0 radical (unpaired) electrons. The molecule has 8 heavy (non-hydrogen) atoms. The van der Waals surface area contributed by atoms with Crippen LogP contribution in [0.4, 0.5) is 4.79 Å². The van der Waals surface area contributed by atoms with Gasteiger partial charge in [0.1, 0.15) is 0 Å². The van der Waals surface area contributed by atoms with E-state index in [9.17, 15) is 9.36 Å². The maximum atomic E-state index is 10.2. The van der Waals surface area contributed by atoms with E-state index < -0.39 is 13.6 Å². The van der Waals surface area contributed by atoms with E-state index in [0.717, 1.165) is 0 Å². The number of amides is 2. The van der Waals surface area contributed by atoms with Crippen molar-refractivity contribution in [3.8, 4) is 0 Å². The first kappa shape index (κ1) is 7.42. The van der Waals surface area contributed by atoms with Crippen LogP contribution >= 0.6 is 7.59 Å². The third-order valence-electron chi connectivity index (χ3n) is 0.285. The van der Waals surface area contributed by atoms with Crippen molar-refractivity contribution in [2.45, 2.75) is 0 Å². The lowest BCUT2D eigenvalue weighted by Crippen LogP contribution is -2.32. The fourth-order valence-electron chi connectivity index (χ4n) is 0.172. The van der Waals surface area contributed by atoms with Crippen LogP contribution in [0.1, 0.15) is 0 Å². The molecule has 2 amide bonds. The summed E-state index contributed by atoms with van der Waals surface area (Å²) in [4.78, 5) is 9.79. The maximum absolute atomic E-state index is 10.2. The Labute approximate surface area is 45.9 Å². The van der Waals surface area contributed by atoms with Crippen molar-refractivity contribution in [1.29, 1.82) is 0 Å². The predicted molar refractivity (Wildman–Crippen MR) is 28.7 cm³/mol. The number of rotatable bonds is 1. The van der Waals surface area contributed by atoms with Crippen molar-refractivity contribution < 1.29 is 9.36 Å². The number of hydrogen-bond donors (Lipinski definition) is 4. The molecule has 0 heterocycles. The fraction of sp³-hybridized carbons (Fsp3) is 0. The van der Waals surface area contributed by atoms with Gasteiger partial charge in [-0.25, -0.2) is 4.79 Å². The molecule has 7 heteroatoms. The zero-order valence-corrected chi connectivity index (χ0v) is 4.89. The Balaban J connectivity index is 3.74. The minimum absolute atomic E-state index is 0.988. The second kappa shape index (κ2) is 2.13. The average molecular weight is 138 g/mol. The third kappa shape index (κ3) is 5.42. The number of carbonyl (C=O) groups is 1. The number of nitrogens with one attached hydrogen (secondary N) is 1. The summed E-state index contributed by atoms with van der Waals surface area (Å²) in [6.07, 6.45) is 0. The van der Waals surface area contributed by atoms with Gasteiger partial charge >= 0.3 is 13.6 Å². The summed E-state index contributed by atoms with van der Waals surface area (Å²) in [7, 11) is -3.45. The number of nitrogens with two attached hydrogens (primary N) is 3. The normalized spacial score (nSPS) is 10.8. The molecule has 0 aliphatic carbocycles. The first-order valence-electron chi connectivity index (χ1n) is 1.67. The lowest BCUT2D eigenvalue weighted by molar-refractivity contribution is 0.253. The van der Waals surface area contributed by atoms with Crippen LogP contribution in [0.2, 0.25) is 0 Å². The van der Waals surface area contributed by atoms with Crippen LogP contribution in [0.3, 0.4) is 0 Å². The summed E-state index contributed by atoms with van der Waals surface area (Å²) in [6.45, 7) is 0. The molecule has 0 rings (SSSR count). The van der Waals surface area contributed by atoms with Gasteiger partial charge in [0.25, 0.3) is 0 Å². The molecule has 6 nitrogen and oxygen atoms in total. The number of urea groups is 1. The van der Waals surface area contributed by atoms with E-state index >= 15 is 0 Å². The molecule has 48 valence electrons. The van der Waals surface area contributed by atoms with Gasteiger partial charge in [-0.3, -0.25) is 20.7 Å². The highest BCUT2D eigenvalue weighted by molar-refractivity contribution is 7.57. The van der Waals surface area contributed by atoms with Gasteiger partial charge in [-0.15, -0.1) is 0 Å². The van der Waals surface area contributed by atoms with Crippen LogP contribution in [0.5, 0.6) is 0 Å². The number of primary amides is 1. The Morgan fingerprint density at radius 2 is 1.88 bits per heavy atom. The minimum atomic E-state index is -3.45. The molecule has 0 aliphatic heterocycles. The highest BCUT2D eigenvalue weighted by Crippen LogP contribution is 2.15. The van der Waals surface area contributed by atoms with E-state index in [2.05, 4.69) is 16.7 Å². The zero-order chi connectivity index (χ0) is 6.78. The second-order valence-corrected chi connectivity index (χ2v) is 2.83. The Hall–Kier alpha value is -0.580. The molecule has 0 aromatic carbocycles. The van der Waals surface area contributed by atoms with Crippen LogP contribution in [0.25, 0.3) is 0 Å². The largest absolute Gasteiger partial charge is 0.351 e. The molecular formula is CH7N4O2P. The van der Waals surface area contributed by atoms with Crippen molar-refractivity contribution in [2.75, 3.05) is 0 Å².